The fraction of sp³-hybridized carbons (Fsp3) is 0.500. The summed E-state index contributed by atoms with van der Waals surface area (Å²) in [6.07, 6.45) is -4.21. The van der Waals surface area contributed by atoms with Gasteiger partial charge in [-0.3, -0.25) is 0 Å². The Hall–Kier alpha value is -0.680. The average Bonchev–Trinajstić information content (AvgIpc) is 2.22. The number of nitrogens with two attached hydrogens (primary N) is 1. The molecule has 0 heterocycles. The molecule has 96 valence electrons. The first-order valence-corrected chi connectivity index (χ1v) is 6.30. The van der Waals surface area contributed by atoms with Gasteiger partial charge in [0.1, 0.15) is 0 Å². The first-order valence-electron chi connectivity index (χ1n) is 5.31. The van der Waals surface area contributed by atoms with Crippen LogP contribution in [0.3, 0.4) is 0 Å². The maximum atomic E-state index is 12.5. The van der Waals surface area contributed by atoms with Crippen LogP contribution in [0.1, 0.15) is 11.1 Å². The van der Waals surface area contributed by atoms with Crippen molar-refractivity contribution < 1.29 is 13.2 Å². The second kappa shape index (κ2) is 5.78. The molecule has 1 unspecified atom stereocenters. The van der Waals surface area contributed by atoms with Crippen LogP contribution in [0.5, 0.6) is 0 Å². The van der Waals surface area contributed by atoms with Crippen LogP contribution >= 0.6 is 11.8 Å². The van der Waals surface area contributed by atoms with Gasteiger partial charge in [0.05, 0.1) is 5.92 Å². The molecule has 17 heavy (non-hydrogen) atoms. The highest BCUT2D eigenvalue weighted by Gasteiger charge is 2.38. The van der Waals surface area contributed by atoms with Gasteiger partial charge in [-0.2, -0.15) is 13.2 Å². The lowest BCUT2D eigenvalue weighted by atomic mass is 10.2. The molecule has 0 radical (unpaired) electrons. The summed E-state index contributed by atoms with van der Waals surface area (Å²) in [5.41, 5.74) is 7.21. The smallest absolute Gasteiger partial charge is 0.330 e. The van der Waals surface area contributed by atoms with E-state index >= 15 is 0 Å². The zero-order valence-corrected chi connectivity index (χ0v) is 10.7. The van der Waals surface area contributed by atoms with E-state index in [0.29, 0.717) is 0 Å². The minimum absolute atomic E-state index is 0.0235. The van der Waals surface area contributed by atoms with E-state index in [-0.39, 0.29) is 12.3 Å². The van der Waals surface area contributed by atoms with Crippen LogP contribution in [0.4, 0.5) is 13.2 Å². The first kappa shape index (κ1) is 14.4. The van der Waals surface area contributed by atoms with E-state index in [1.165, 1.54) is 11.8 Å². The van der Waals surface area contributed by atoms with Gasteiger partial charge in [-0.05, 0) is 25.5 Å². The molecule has 0 fully saturated rings. The van der Waals surface area contributed by atoms with Gasteiger partial charge >= 0.3 is 6.18 Å². The second-order valence-corrected chi connectivity index (χ2v) is 5.12. The monoisotopic (exact) mass is 263 g/mol. The van der Waals surface area contributed by atoms with E-state index in [0.717, 1.165) is 16.0 Å². The largest absolute Gasteiger partial charge is 0.393 e. The molecule has 1 aromatic carbocycles. The second-order valence-electron chi connectivity index (χ2n) is 4.05. The molecule has 0 saturated carbocycles. The number of halogens is 3. The van der Waals surface area contributed by atoms with Crippen LogP contribution in [-0.4, -0.2) is 18.5 Å². The number of thioether (sulfide) groups is 1. The topological polar surface area (TPSA) is 26.0 Å². The molecule has 1 rings (SSSR count). The van der Waals surface area contributed by atoms with Crippen LogP contribution in [0.25, 0.3) is 0 Å². The third-order valence-electron chi connectivity index (χ3n) is 2.53. The molecule has 0 aliphatic heterocycles. The molecule has 0 aliphatic carbocycles. The molecule has 0 amide bonds. The Morgan fingerprint density at radius 3 is 2.47 bits per heavy atom. The number of rotatable bonds is 4. The summed E-state index contributed by atoms with van der Waals surface area (Å²) in [5.74, 6) is -1.46. The molecule has 2 N–H and O–H groups in total. The van der Waals surface area contributed by atoms with E-state index in [9.17, 15) is 13.2 Å². The van der Waals surface area contributed by atoms with Crippen LogP contribution in [0, 0.1) is 19.8 Å². The minimum atomic E-state index is -4.21. The average molecular weight is 263 g/mol. The molecular formula is C12H16F3NS. The molecule has 1 aromatic rings. The maximum absolute atomic E-state index is 12.5. The molecule has 0 aliphatic rings. The van der Waals surface area contributed by atoms with E-state index in [4.69, 9.17) is 5.73 Å². The molecule has 0 spiro atoms. The normalized spacial score (nSPS) is 13.8. The third-order valence-corrected chi connectivity index (χ3v) is 3.85. The highest BCUT2D eigenvalue weighted by Crippen LogP contribution is 2.32. The van der Waals surface area contributed by atoms with Gasteiger partial charge in [-0.15, -0.1) is 11.8 Å². The highest BCUT2D eigenvalue weighted by atomic mass is 32.2. The number of benzene rings is 1. The van der Waals surface area contributed by atoms with Gasteiger partial charge in [0.15, 0.2) is 0 Å². The highest BCUT2D eigenvalue weighted by molar-refractivity contribution is 7.99. The third kappa shape index (κ3) is 4.24. The fourth-order valence-corrected chi connectivity index (χ4v) is 2.62. The Bertz CT molecular complexity index is 377. The summed E-state index contributed by atoms with van der Waals surface area (Å²) in [7, 11) is 0. The molecular weight excluding hydrogens is 247 g/mol. The van der Waals surface area contributed by atoms with E-state index in [1.54, 1.807) is 0 Å². The lowest BCUT2D eigenvalue weighted by Gasteiger charge is -2.18. The van der Waals surface area contributed by atoms with Crippen LogP contribution in [0.2, 0.25) is 0 Å². The quantitative estimate of drug-likeness (QED) is 0.841. The van der Waals surface area contributed by atoms with E-state index in [1.807, 2.05) is 32.0 Å². The first-order chi connectivity index (χ1) is 7.84. The molecule has 1 nitrogen and oxygen atoms in total. The van der Waals surface area contributed by atoms with Gasteiger partial charge in [0.2, 0.25) is 0 Å². The fourth-order valence-electron chi connectivity index (χ4n) is 1.35. The predicted octanol–water partition coefficient (Wildman–Crippen LogP) is 3.53. The number of aryl methyl sites for hydroxylation is 2. The van der Waals surface area contributed by atoms with Crippen LogP contribution in [-0.2, 0) is 0 Å². The lowest BCUT2D eigenvalue weighted by molar-refractivity contribution is -0.165. The summed E-state index contributed by atoms with van der Waals surface area (Å²) in [4.78, 5) is 0.896. The summed E-state index contributed by atoms with van der Waals surface area (Å²) in [5, 5.41) is 0. The van der Waals surface area contributed by atoms with Crippen LogP contribution in [0.15, 0.2) is 23.1 Å². The number of hydrogen-bond acceptors (Lipinski definition) is 2. The summed E-state index contributed by atoms with van der Waals surface area (Å²) < 4.78 is 37.5. The van der Waals surface area contributed by atoms with Crippen molar-refractivity contribution in [3.8, 4) is 0 Å². The Balaban J connectivity index is 2.69. The summed E-state index contributed by atoms with van der Waals surface area (Å²) in [6, 6.07) is 5.77. The minimum Gasteiger partial charge on any atom is -0.330 e. The van der Waals surface area contributed by atoms with Gasteiger partial charge in [-0.25, -0.2) is 0 Å². The van der Waals surface area contributed by atoms with Gasteiger partial charge in [0.25, 0.3) is 0 Å². The maximum Gasteiger partial charge on any atom is 0.393 e. The molecule has 0 bridgehead atoms. The van der Waals surface area contributed by atoms with Gasteiger partial charge in [-0.1, -0.05) is 17.7 Å². The van der Waals surface area contributed by atoms with E-state index < -0.39 is 12.1 Å². The van der Waals surface area contributed by atoms with Gasteiger partial charge < -0.3 is 5.73 Å². The van der Waals surface area contributed by atoms with Crippen molar-refractivity contribution >= 4 is 11.8 Å². The summed E-state index contributed by atoms with van der Waals surface area (Å²) >= 11 is 1.22. The lowest BCUT2D eigenvalue weighted by Crippen LogP contribution is -2.32. The van der Waals surface area contributed by atoms with E-state index in [2.05, 4.69) is 0 Å². The van der Waals surface area contributed by atoms with Crippen molar-refractivity contribution in [2.75, 3.05) is 12.3 Å². The van der Waals surface area contributed by atoms with Crippen molar-refractivity contribution in [2.24, 2.45) is 11.7 Å². The van der Waals surface area contributed by atoms with Crippen molar-refractivity contribution in [1.29, 1.82) is 0 Å². The predicted molar refractivity (Wildman–Crippen MR) is 65.2 cm³/mol. The molecule has 1 atom stereocenters. The molecule has 0 saturated heterocycles. The molecule has 0 aromatic heterocycles. The SMILES string of the molecule is Cc1ccc(C)c(SCC(CN)C(F)(F)F)c1. The zero-order valence-electron chi connectivity index (χ0n) is 9.84. The Morgan fingerprint density at radius 2 is 1.94 bits per heavy atom. The van der Waals surface area contributed by atoms with Crippen LogP contribution < -0.4 is 5.73 Å². The number of alkyl halides is 3. The Labute approximate surface area is 104 Å². The molecule has 5 heteroatoms. The van der Waals surface area contributed by atoms with Gasteiger partial charge in [0, 0.05) is 17.2 Å². The van der Waals surface area contributed by atoms with Crippen molar-refractivity contribution in [2.45, 2.75) is 24.9 Å². The Morgan fingerprint density at radius 1 is 1.29 bits per heavy atom. The number of hydrogen-bond donors (Lipinski definition) is 1. The standard InChI is InChI=1S/C12H16F3NS/c1-8-3-4-9(2)11(5-8)17-7-10(6-16)12(13,14)15/h3-5,10H,6-7,16H2,1-2H3. The summed E-state index contributed by atoms with van der Waals surface area (Å²) in [6.45, 7) is 3.46. The zero-order chi connectivity index (χ0) is 13.1. The van der Waals surface area contributed by atoms with Crippen molar-refractivity contribution in [1.82, 2.24) is 0 Å². The van der Waals surface area contributed by atoms with Crippen molar-refractivity contribution in [3.63, 3.8) is 0 Å². The Kier molecular flexibility index (Phi) is 4.89. The van der Waals surface area contributed by atoms with Crippen molar-refractivity contribution in [3.05, 3.63) is 29.3 Å².